The minimum Gasteiger partial charge on any atom is -0.496 e. The molecule has 0 radical (unpaired) electrons. The summed E-state index contributed by atoms with van der Waals surface area (Å²) in [5, 5.41) is 0. The van der Waals surface area contributed by atoms with Crippen LogP contribution in [0.4, 0.5) is 5.69 Å². The topological polar surface area (TPSA) is 64.8 Å². The van der Waals surface area contributed by atoms with Gasteiger partial charge >= 0.3 is 0 Å². The number of nitrogen functional groups attached to an aromatic ring is 1. The molecule has 0 heterocycles. The van der Waals surface area contributed by atoms with Crippen molar-refractivity contribution in [3.05, 3.63) is 23.8 Å². The van der Waals surface area contributed by atoms with Gasteiger partial charge in [0.25, 0.3) is 5.91 Å². The van der Waals surface area contributed by atoms with Gasteiger partial charge in [-0.2, -0.15) is 0 Å². The lowest BCUT2D eigenvalue weighted by molar-refractivity contribution is 0.0677. The normalized spacial score (nSPS) is 14.2. The van der Waals surface area contributed by atoms with Crippen LogP contribution in [0, 0.1) is 0 Å². The smallest absolute Gasteiger partial charge is 0.257 e. The molecule has 1 aromatic carbocycles. The maximum absolute atomic E-state index is 12.6. The Morgan fingerprint density at radius 3 is 2.74 bits per heavy atom. The van der Waals surface area contributed by atoms with Crippen molar-refractivity contribution in [3.63, 3.8) is 0 Å². The number of amides is 1. The lowest BCUT2D eigenvalue weighted by Gasteiger charge is -2.23. The molecule has 1 saturated carbocycles. The first-order chi connectivity index (χ1) is 9.17. The highest BCUT2D eigenvalue weighted by Gasteiger charge is 2.33. The number of carbonyl (C=O) groups is 1. The van der Waals surface area contributed by atoms with Crippen LogP contribution in [0.3, 0.4) is 0 Å². The van der Waals surface area contributed by atoms with Gasteiger partial charge in [-0.15, -0.1) is 0 Å². The fourth-order valence-electron chi connectivity index (χ4n) is 2.06. The number of hydrogen-bond acceptors (Lipinski definition) is 4. The summed E-state index contributed by atoms with van der Waals surface area (Å²) in [7, 11) is 3.18. The number of ether oxygens (including phenoxy) is 2. The number of methoxy groups -OCH3 is 2. The zero-order valence-electron chi connectivity index (χ0n) is 11.4. The number of anilines is 1. The second kappa shape index (κ2) is 5.93. The third kappa shape index (κ3) is 3.17. The standard InChI is InChI=1S/C14H20N2O3/c1-18-8-7-16(11-4-5-11)14(17)12-6-3-10(15)9-13(12)19-2/h3,6,9,11H,4-5,7-8,15H2,1-2H3. The van der Waals surface area contributed by atoms with Crippen molar-refractivity contribution < 1.29 is 14.3 Å². The third-order valence-electron chi connectivity index (χ3n) is 3.24. The molecular formula is C14H20N2O3. The van der Waals surface area contributed by atoms with Crippen molar-refractivity contribution in [1.29, 1.82) is 0 Å². The van der Waals surface area contributed by atoms with Crippen molar-refractivity contribution in [2.45, 2.75) is 18.9 Å². The molecule has 1 aliphatic rings. The van der Waals surface area contributed by atoms with E-state index in [2.05, 4.69) is 0 Å². The van der Waals surface area contributed by atoms with E-state index >= 15 is 0 Å². The molecule has 0 unspecified atom stereocenters. The van der Waals surface area contributed by atoms with E-state index in [1.165, 1.54) is 0 Å². The van der Waals surface area contributed by atoms with Gasteiger partial charge in [0.15, 0.2) is 0 Å². The molecule has 0 bridgehead atoms. The minimum absolute atomic E-state index is 0.0172. The molecular weight excluding hydrogens is 244 g/mol. The third-order valence-corrected chi connectivity index (χ3v) is 3.24. The average Bonchev–Trinajstić information content (AvgIpc) is 3.23. The van der Waals surface area contributed by atoms with Crippen LogP contribution in [0.25, 0.3) is 0 Å². The van der Waals surface area contributed by atoms with Crippen molar-refractivity contribution in [2.75, 3.05) is 33.1 Å². The van der Waals surface area contributed by atoms with Crippen LogP contribution >= 0.6 is 0 Å². The van der Waals surface area contributed by atoms with E-state index in [1.54, 1.807) is 32.4 Å². The minimum atomic E-state index is -0.0172. The zero-order valence-corrected chi connectivity index (χ0v) is 11.4. The van der Waals surface area contributed by atoms with Crippen molar-refractivity contribution in [1.82, 2.24) is 4.90 Å². The Labute approximate surface area is 113 Å². The Kier molecular flexibility index (Phi) is 4.27. The van der Waals surface area contributed by atoms with Crippen LogP contribution in [-0.4, -0.2) is 44.2 Å². The molecule has 0 aliphatic heterocycles. The number of nitrogens with zero attached hydrogens (tertiary/aromatic N) is 1. The molecule has 0 spiro atoms. The first-order valence-electron chi connectivity index (χ1n) is 6.40. The Morgan fingerprint density at radius 1 is 1.42 bits per heavy atom. The molecule has 5 heteroatoms. The van der Waals surface area contributed by atoms with E-state index in [9.17, 15) is 4.79 Å². The quantitative estimate of drug-likeness (QED) is 0.791. The maximum atomic E-state index is 12.6. The molecule has 5 nitrogen and oxygen atoms in total. The molecule has 1 aromatic rings. The Balaban J connectivity index is 2.20. The van der Waals surface area contributed by atoms with Gasteiger partial charge in [0, 0.05) is 31.5 Å². The molecule has 2 rings (SSSR count). The van der Waals surface area contributed by atoms with Crippen LogP contribution in [0.2, 0.25) is 0 Å². The van der Waals surface area contributed by atoms with Crippen molar-refractivity contribution >= 4 is 11.6 Å². The second-order valence-corrected chi connectivity index (χ2v) is 4.68. The Hall–Kier alpha value is -1.75. The van der Waals surface area contributed by atoms with Gasteiger partial charge in [-0.25, -0.2) is 0 Å². The highest BCUT2D eigenvalue weighted by atomic mass is 16.5. The molecule has 19 heavy (non-hydrogen) atoms. The van der Waals surface area contributed by atoms with Crippen LogP contribution < -0.4 is 10.5 Å². The predicted octanol–water partition coefficient (Wildman–Crippen LogP) is 1.53. The number of benzene rings is 1. The Morgan fingerprint density at radius 2 is 2.16 bits per heavy atom. The molecule has 1 aliphatic carbocycles. The zero-order chi connectivity index (χ0) is 13.8. The summed E-state index contributed by atoms with van der Waals surface area (Å²) in [5.74, 6) is 0.504. The van der Waals surface area contributed by atoms with Crippen LogP contribution in [-0.2, 0) is 4.74 Å². The summed E-state index contributed by atoms with van der Waals surface area (Å²) < 4.78 is 10.3. The molecule has 0 saturated heterocycles. The summed E-state index contributed by atoms with van der Waals surface area (Å²) in [4.78, 5) is 14.4. The molecule has 1 amide bonds. The van der Waals surface area contributed by atoms with Gasteiger partial charge in [0.05, 0.1) is 19.3 Å². The maximum Gasteiger partial charge on any atom is 0.257 e. The summed E-state index contributed by atoms with van der Waals surface area (Å²) in [5.41, 5.74) is 6.85. The van der Waals surface area contributed by atoms with Crippen LogP contribution in [0.1, 0.15) is 23.2 Å². The molecule has 0 atom stereocenters. The highest BCUT2D eigenvalue weighted by Crippen LogP contribution is 2.30. The molecule has 1 fully saturated rings. The summed E-state index contributed by atoms with van der Waals surface area (Å²) in [6.45, 7) is 1.15. The number of hydrogen-bond donors (Lipinski definition) is 1. The van der Waals surface area contributed by atoms with Crippen LogP contribution in [0.15, 0.2) is 18.2 Å². The fraction of sp³-hybridized carbons (Fsp3) is 0.500. The lowest BCUT2D eigenvalue weighted by Crippen LogP contribution is -2.36. The first-order valence-corrected chi connectivity index (χ1v) is 6.40. The number of carbonyl (C=O) groups excluding carboxylic acids is 1. The fourth-order valence-corrected chi connectivity index (χ4v) is 2.06. The van der Waals surface area contributed by atoms with Gasteiger partial charge in [-0.3, -0.25) is 4.79 Å². The monoisotopic (exact) mass is 264 g/mol. The Bertz CT molecular complexity index is 458. The largest absolute Gasteiger partial charge is 0.496 e. The predicted molar refractivity (Wildman–Crippen MR) is 73.3 cm³/mol. The SMILES string of the molecule is COCCN(C(=O)c1ccc(N)cc1OC)C1CC1. The molecule has 2 N–H and O–H groups in total. The van der Waals surface area contributed by atoms with E-state index in [0.717, 1.165) is 12.8 Å². The molecule has 0 aromatic heterocycles. The lowest BCUT2D eigenvalue weighted by atomic mass is 10.1. The highest BCUT2D eigenvalue weighted by molar-refractivity contribution is 5.97. The van der Waals surface area contributed by atoms with E-state index in [-0.39, 0.29) is 5.91 Å². The number of nitrogens with two attached hydrogens (primary N) is 1. The second-order valence-electron chi connectivity index (χ2n) is 4.68. The van der Waals surface area contributed by atoms with E-state index in [0.29, 0.717) is 36.2 Å². The van der Waals surface area contributed by atoms with Gasteiger partial charge in [-0.05, 0) is 25.0 Å². The van der Waals surface area contributed by atoms with Crippen molar-refractivity contribution in [3.8, 4) is 5.75 Å². The van der Waals surface area contributed by atoms with Gasteiger partial charge in [0.1, 0.15) is 5.75 Å². The van der Waals surface area contributed by atoms with Crippen LogP contribution in [0.5, 0.6) is 5.75 Å². The van der Waals surface area contributed by atoms with Gasteiger partial charge < -0.3 is 20.1 Å². The average molecular weight is 264 g/mol. The van der Waals surface area contributed by atoms with E-state index in [4.69, 9.17) is 15.2 Å². The summed E-state index contributed by atoms with van der Waals surface area (Å²) >= 11 is 0. The van der Waals surface area contributed by atoms with E-state index in [1.807, 2.05) is 4.90 Å². The van der Waals surface area contributed by atoms with E-state index < -0.39 is 0 Å². The summed E-state index contributed by atoms with van der Waals surface area (Å²) in [6, 6.07) is 5.45. The first kappa shape index (κ1) is 13.7. The van der Waals surface area contributed by atoms with Gasteiger partial charge in [-0.1, -0.05) is 0 Å². The molecule has 104 valence electrons. The van der Waals surface area contributed by atoms with Crippen molar-refractivity contribution in [2.24, 2.45) is 0 Å². The summed E-state index contributed by atoms with van der Waals surface area (Å²) in [6.07, 6.45) is 2.12. The van der Waals surface area contributed by atoms with Gasteiger partial charge in [0.2, 0.25) is 0 Å². The number of rotatable bonds is 6.